The molecular weight excluding hydrogens is 611 g/mol. The van der Waals surface area contributed by atoms with Crippen molar-refractivity contribution in [3.63, 3.8) is 0 Å². The first kappa shape index (κ1) is 31.4. The molecule has 13 heteroatoms. The molecule has 3 amide bonds. The van der Waals surface area contributed by atoms with Gasteiger partial charge < -0.3 is 25.0 Å². The molecule has 6 rings (SSSR count). The first-order valence-electron chi connectivity index (χ1n) is 15.2. The fraction of sp³-hybridized carbons (Fsp3) is 0.364. The number of anilines is 1. The van der Waals surface area contributed by atoms with Crippen LogP contribution in [0.4, 0.5) is 14.9 Å². The van der Waals surface area contributed by atoms with Gasteiger partial charge in [0.25, 0.3) is 5.91 Å². The molecule has 4 aromatic rings. The Bertz CT molecular complexity index is 1740. The number of rotatable bonds is 10. The van der Waals surface area contributed by atoms with Crippen LogP contribution >= 0.6 is 11.3 Å². The van der Waals surface area contributed by atoms with Crippen molar-refractivity contribution in [2.75, 3.05) is 32.1 Å². The highest BCUT2D eigenvalue weighted by Gasteiger charge is 2.26. The molecule has 0 atom stereocenters. The molecular formula is C33H35FN6O5S. The summed E-state index contributed by atoms with van der Waals surface area (Å²) in [5.41, 5.74) is 2.95. The van der Waals surface area contributed by atoms with Gasteiger partial charge in [-0.2, -0.15) is 0 Å². The number of hydrogen-bond donors (Lipinski definition) is 2. The lowest BCUT2D eigenvalue weighted by molar-refractivity contribution is -0.151. The minimum absolute atomic E-state index is 0.0438. The van der Waals surface area contributed by atoms with E-state index in [0.29, 0.717) is 11.4 Å². The quantitative estimate of drug-likeness (QED) is 0.215. The van der Waals surface area contributed by atoms with Gasteiger partial charge in [0.05, 0.1) is 20.8 Å². The Morgan fingerprint density at radius 1 is 1.04 bits per heavy atom. The van der Waals surface area contributed by atoms with Crippen molar-refractivity contribution in [3.05, 3.63) is 66.2 Å². The Balaban J connectivity index is 1.05. The van der Waals surface area contributed by atoms with Crippen LogP contribution in [0, 0.1) is 5.82 Å². The van der Waals surface area contributed by atoms with E-state index in [1.165, 1.54) is 30.4 Å². The summed E-state index contributed by atoms with van der Waals surface area (Å²) in [6.07, 6.45) is 7.12. The highest BCUT2D eigenvalue weighted by Crippen LogP contribution is 2.39. The second kappa shape index (κ2) is 13.8. The highest BCUT2D eigenvalue weighted by molar-refractivity contribution is 7.22. The number of urea groups is 1. The minimum Gasteiger partial charge on any atom is -0.456 e. The lowest BCUT2D eigenvalue weighted by Crippen LogP contribution is -2.46. The van der Waals surface area contributed by atoms with Crippen molar-refractivity contribution in [2.45, 2.75) is 51.2 Å². The number of aromatic nitrogens is 2. The number of esters is 1. The molecule has 1 aliphatic carbocycles. The third-order valence-corrected chi connectivity index (χ3v) is 9.24. The maximum Gasteiger partial charge on any atom is 0.319 e. The Morgan fingerprint density at radius 2 is 1.85 bits per heavy atom. The first-order valence-corrected chi connectivity index (χ1v) is 16.0. The number of thiophene rings is 1. The number of carbonyl (C=O) groups excluding carboxylic acids is 3. The molecule has 0 unspecified atom stereocenters. The molecule has 2 N–H and O–H groups in total. The van der Waals surface area contributed by atoms with Crippen molar-refractivity contribution < 1.29 is 28.2 Å². The van der Waals surface area contributed by atoms with E-state index in [0.717, 1.165) is 71.7 Å². The second-order valence-electron chi connectivity index (χ2n) is 11.6. The number of halogens is 1. The topological polar surface area (TPSA) is 126 Å². The van der Waals surface area contributed by atoms with Crippen LogP contribution in [0.15, 0.2) is 54.9 Å². The molecule has 1 aliphatic heterocycles. The van der Waals surface area contributed by atoms with Crippen molar-refractivity contribution in [3.8, 4) is 22.1 Å². The Labute approximate surface area is 269 Å². The van der Waals surface area contributed by atoms with Crippen LogP contribution in [0.5, 0.6) is 11.5 Å². The summed E-state index contributed by atoms with van der Waals surface area (Å²) in [7, 11) is 1.76. The van der Waals surface area contributed by atoms with Crippen LogP contribution in [0.2, 0.25) is 0 Å². The van der Waals surface area contributed by atoms with Gasteiger partial charge >= 0.3 is 12.0 Å². The van der Waals surface area contributed by atoms with E-state index in [9.17, 15) is 18.8 Å². The lowest BCUT2D eigenvalue weighted by Gasteiger charge is -2.36. The number of amides is 3. The number of piperidine rings is 1. The molecule has 46 heavy (non-hydrogen) atoms. The summed E-state index contributed by atoms with van der Waals surface area (Å²) in [6, 6.07) is 12.0. The second-order valence-corrected chi connectivity index (χ2v) is 12.7. The predicted molar refractivity (Wildman–Crippen MR) is 172 cm³/mol. The van der Waals surface area contributed by atoms with Crippen LogP contribution in [0.1, 0.15) is 38.2 Å². The van der Waals surface area contributed by atoms with Gasteiger partial charge in [-0.25, -0.2) is 9.18 Å². The summed E-state index contributed by atoms with van der Waals surface area (Å²) < 4.78 is 26.5. The van der Waals surface area contributed by atoms with E-state index in [2.05, 4.69) is 26.6 Å². The van der Waals surface area contributed by atoms with Gasteiger partial charge in [-0.05, 0) is 55.5 Å². The minimum atomic E-state index is -0.591. The normalized spacial score (nSPS) is 15.4. The monoisotopic (exact) mass is 646 g/mol. The first-order chi connectivity index (χ1) is 22.2. The van der Waals surface area contributed by atoms with Crippen LogP contribution in [0.3, 0.4) is 0 Å². The van der Waals surface area contributed by atoms with E-state index in [4.69, 9.17) is 14.5 Å². The summed E-state index contributed by atoms with van der Waals surface area (Å²) in [4.78, 5) is 49.4. The Morgan fingerprint density at radius 3 is 2.54 bits per heavy atom. The van der Waals surface area contributed by atoms with Crippen LogP contribution < -0.4 is 15.4 Å². The molecule has 0 radical (unpaired) electrons. The lowest BCUT2D eigenvalue weighted by atomic mass is 10.0. The average Bonchev–Trinajstić information content (AvgIpc) is 3.75. The summed E-state index contributed by atoms with van der Waals surface area (Å²) in [6.45, 7) is 3.52. The molecule has 2 fully saturated rings. The molecule has 2 aliphatic rings. The fourth-order valence-corrected chi connectivity index (χ4v) is 6.38. The smallest absolute Gasteiger partial charge is 0.319 e. The van der Waals surface area contributed by atoms with Crippen molar-refractivity contribution in [1.82, 2.24) is 25.1 Å². The Kier molecular flexibility index (Phi) is 9.41. The zero-order chi connectivity index (χ0) is 32.2. The molecule has 3 aromatic heterocycles. The van der Waals surface area contributed by atoms with Crippen LogP contribution in [-0.4, -0.2) is 76.5 Å². The molecule has 1 aromatic carbocycles. The molecule has 0 spiro atoms. The van der Waals surface area contributed by atoms with Gasteiger partial charge in [-0.15, -0.1) is 11.3 Å². The number of hydrogen-bond acceptors (Lipinski definition) is 9. The van der Waals surface area contributed by atoms with E-state index in [1.54, 1.807) is 30.3 Å². The predicted octanol–water partition coefficient (Wildman–Crippen LogP) is 5.56. The Hall–Kier alpha value is -4.62. The number of carbonyl (C=O) groups is 3. The maximum absolute atomic E-state index is 14.9. The van der Waals surface area contributed by atoms with E-state index < -0.39 is 11.8 Å². The number of ether oxygens (including phenoxy) is 2. The van der Waals surface area contributed by atoms with E-state index in [-0.39, 0.29) is 36.4 Å². The fourth-order valence-electron chi connectivity index (χ4n) is 5.34. The number of fused-ring (bicyclic) bond motifs is 1. The number of nitrogens with one attached hydrogen (secondary N) is 2. The third kappa shape index (κ3) is 7.77. The van der Waals surface area contributed by atoms with Gasteiger partial charge in [0, 0.05) is 75.9 Å². The third-order valence-electron chi connectivity index (χ3n) is 8.08. The molecule has 1 saturated carbocycles. The number of benzene rings is 1. The van der Waals surface area contributed by atoms with Gasteiger partial charge in [0.15, 0.2) is 18.2 Å². The van der Waals surface area contributed by atoms with Crippen molar-refractivity contribution in [1.29, 1.82) is 0 Å². The standard InChI is InChI=1S/C33H35FN6O5S/c1-20(41)44-19-31(42)39(2)24-10-13-40(14-11-24)18-21-3-7-26(36-17-21)30-16-27-32(46-30)29(9-12-35-27)45-28-8-6-23(15-25(28)34)38-33(43)37-22-4-5-22/h3,6-9,12,15-17,22,24H,4-5,10-11,13-14,18-19H2,1-2H3,(H2,37,38,43). The highest BCUT2D eigenvalue weighted by atomic mass is 32.1. The van der Waals surface area contributed by atoms with Crippen LogP contribution in [0.25, 0.3) is 20.8 Å². The summed E-state index contributed by atoms with van der Waals surface area (Å²) in [5, 5.41) is 5.46. The van der Waals surface area contributed by atoms with Gasteiger partial charge in [0.1, 0.15) is 5.75 Å². The number of likely N-dealkylation sites (N-methyl/N-ethyl adjacent to an activating group) is 1. The van der Waals surface area contributed by atoms with Crippen molar-refractivity contribution >= 4 is 45.1 Å². The number of nitrogens with zero attached hydrogens (tertiary/aromatic N) is 4. The average molecular weight is 647 g/mol. The largest absolute Gasteiger partial charge is 0.456 e. The zero-order valence-electron chi connectivity index (χ0n) is 25.6. The zero-order valence-corrected chi connectivity index (χ0v) is 26.4. The summed E-state index contributed by atoms with van der Waals surface area (Å²) in [5.74, 6) is -0.715. The molecule has 240 valence electrons. The summed E-state index contributed by atoms with van der Waals surface area (Å²) >= 11 is 1.47. The van der Waals surface area contributed by atoms with E-state index >= 15 is 0 Å². The SMILES string of the molecule is CC(=O)OCC(=O)N(C)C1CCN(Cc2ccc(-c3cc4nccc(Oc5ccc(NC(=O)NC6CC6)cc5F)c4s3)nc2)CC1. The van der Waals surface area contributed by atoms with Crippen molar-refractivity contribution in [2.24, 2.45) is 0 Å². The molecule has 11 nitrogen and oxygen atoms in total. The number of pyridine rings is 2. The maximum atomic E-state index is 14.9. The molecule has 1 saturated heterocycles. The molecule has 0 bridgehead atoms. The van der Waals surface area contributed by atoms with Gasteiger partial charge in [0.2, 0.25) is 0 Å². The van der Waals surface area contributed by atoms with Crippen LogP contribution in [-0.2, 0) is 20.9 Å². The molecule has 4 heterocycles. The van der Waals surface area contributed by atoms with E-state index in [1.807, 2.05) is 18.3 Å². The van der Waals surface area contributed by atoms with Gasteiger partial charge in [-0.3, -0.25) is 24.5 Å². The number of likely N-dealkylation sites (tertiary alicyclic amines) is 1. The van der Waals surface area contributed by atoms with Gasteiger partial charge in [-0.1, -0.05) is 6.07 Å².